The Morgan fingerprint density at radius 1 is 1.06 bits per heavy atom. The van der Waals surface area contributed by atoms with E-state index in [0.29, 0.717) is 0 Å². The second-order valence-electron chi connectivity index (χ2n) is 3.92. The van der Waals surface area contributed by atoms with Gasteiger partial charge >= 0.3 is 0 Å². The molecule has 1 saturated heterocycles. The predicted molar refractivity (Wildman–Crippen MR) is 63.9 cm³/mol. The average molecular weight is 212 g/mol. The van der Waals surface area contributed by atoms with Crippen LogP contribution in [0, 0.1) is 0 Å². The van der Waals surface area contributed by atoms with Crippen molar-refractivity contribution in [1.82, 2.24) is 0 Å². The number of fused-ring (bicyclic) bond motifs is 1. The van der Waals surface area contributed by atoms with E-state index in [1.165, 1.54) is 10.8 Å². The number of hydrogen-bond donors (Lipinski definition) is 1. The van der Waals surface area contributed by atoms with Gasteiger partial charge in [0, 0.05) is 0 Å². The molecule has 1 heterocycles. The van der Waals surface area contributed by atoms with E-state index in [1.54, 1.807) is 0 Å². The molecule has 0 aromatic heterocycles. The molecule has 80 valence electrons. The van der Waals surface area contributed by atoms with Crippen molar-refractivity contribution in [2.75, 3.05) is 0 Å². The summed E-state index contributed by atoms with van der Waals surface area (Å²) in [5.74, 6) is 0. The topological polar surface area (TPSA) is 32.8 Å². The number of hydrogen-bond acceptors (Lipinski definition) is 2. The first-order valence-electron chi connectivity index (χ1n) is 5.34. The van der Waals surface area contributed by atoms with Gasteiger partial charge in [-0.3, -0.25) is 0 Å². The van der Waals surface area contributed by atoms with Gasteiger partial charge in [0.15, 0.2) is 6.29 Å². The number of benzene rings is 2. The fourth-order valence-electron chi connectivity index (χ4n) is 1.85. The number of rotatable bonds is 2. The van der Waals surface area contributed by atoms with E-state index in [9.17, 15) is 0 Å². The van der Waals surface area contributed by atoms with Gasteiger partial charge in [0.1, 0.15) is 6.10 Å². The second kappa shape index (κ2) is 3.74. The third-order valence-corrected chi connectivity index (χ3v) is 2.79. The van der Waals surface area contributed by atoms with Crippen LogP contribution in [0.1, 0.15) is 5.56 Å². The van der Waals surface area contributed by atoms with Gasteiger partial charge < -0.3 is 9.84 Å². The Kier molecular flexibility index (Phi) is 2.24. The van der Waals surface area contributed by atoms with Gasteiger partial charge in [-0.15, -0.1) is 0 Å². The SMILES string of the molecule is OC1OC1/C=C/c1cccc2ccccc12. The van der Waals surface area contributed by atoms with Crippen molar-refractivity contribution in [3.05, 3.63) is 54.1 Å². The van der Waals surface area contributed by atoms with E-state index in [4.69, 9.17) is 9.84 Å². The summed E-state index contributed by atoms with van der Waals surface area (Å²) in [6.07, 6.45) is 3.17. The van der Waals surface area contributed by atoms with Gasteiger partial charge in [-0.2, -0.15) is 0 Å². The van der Waals surface area contributed by atoms with Crippen molar-refractivity contribution in [2.45, 2.75) is 12.4 Å². The maximum absolute atomic E-state index is 9.04. The first-order chi connectivity index (χ1) is 7.84. The highest BCUT2D eigenvalue weighted by Crippen LogP contribution is 2.24. The van der Waals surface area contributed by atoms with Crippen LogP contribution in [0.25, 0.3) is 16.8 Å². The summed E-state index contributed by atoms with van der Waals surface area (Å²) in [5, 5.41) is 11.5. The predicted octanol–water partition coefficient (Wildman–Crippen LogP) is 2.57. The van der Waals surface area contributed by atoms with Crippen molar-refractivity contribution in [1.29, 1.82) is 0 Å². The number of aliphatic hydroxyl groups excluding tert-OH is 1. The summed E-state index contributed by atoms with van der Waals surface area (Å²) in [5.41, 5.74) is 1.15. The molecule has 3 rings (SSSR count). The number of epoxide rings is 1. The quantitative estimate of drug-likeness (QED) is 0.776. The molecule has 2 aromatic carbocycles. The summed E-state index contributed by atoms with van der Waals surface area (Å²) < 4.78 is 4.92. The van der Waals surface area contributed by atoms with Crippen LogP contribution in [0.2, 0.25) is 0 Å². The Balaban J connectivity index is 1.99. The van der Waals surface area contributed by atoms with Gasteiger partial charge in [0.25, 0.3) is 0 Å². The van der Waals surface area contributed by atoms with E-state index < -0.39 is 6.29 Å². The van der Waals surface area contributed by atoms with Gasteiger partial charge in [-0.05, 0) is 16.3 Å². The third-order valence-electron chi connectivity index (χ3n) is 2.79. The molecule has 1 aliphatic rings. The molecular formula is C14H12O2. The Hall–Kier alpha value is -1.64. The first kappa shape index (κ1) is 9.58. The minimum atomic E-state index is -0.605. The molecule has 0 aliphatic carbocycles. The minimum absolute atomic E-state index is 0.126. The molecule has 0 radical (unpaired) electrons. The first-order valence-corrected chi connectivity index (χ1v) is 5.34. The van der Waals surface area contributed by atoms with Crippen LogP contribution in [0.15, 0.2) is 48.5 Å². The Morgan fingerprint density at radius 3 is 2.62 bits per heavy atom. The van der Waals surface area contributed by atoms with Gasteiger partial charge in [0.05, 0.1) is 0 Å². The number of ether oxygens (including phenoxy) is 1. The fraction of sp³-hybridized carbons (Fsp3) is 0.143. The fourth-order valence-corrected chi connectivity index (χ4v) is 1.85. The highest BCUT2D eigenvalue weighted by Gasteiger charge is 2.33. The zero-order valence-electron chi connectivity index (χ0n) is 8.71. The Labute approximate surface area is 93.8 Å². The molecule has 1 aliphatic heterocycles. The van der Waals surface area contributed by atoms with Gasteiger partial charge in [-0.1, -0.05) is 54.6 Å². The molecule has 2 unspecified atom stereocenters. The van der Waals surface area contributed by atoms with Gasteiger partial charge in [-0.25, -0.2) is 0 Å². The van der Waals surface area contributed by atoms with E-state index >= 15 is 0 Å². The highest BCUT2D eigenvalue weighted by molar-refractivity contribution is 5.90. The maximum Gasteiger partial charge on any atom is 0.185 e. The molecule has 0 spiro atoms. The molecule has 2 heteroatoms. The van der Waals surface area contributed by atoms with Crippen LogP contribution in [-0.4, -0.2) is 17.5 Å². The summed E-state index contributed by atoms with van der Waals surface area (Å²) in [4.78, 5) is 0. The van der Waals surface area contributed by atoms with E-state index in [0.717, 1.165) is 5.56 Å². The zero-order chi connectivity index (χ0) is 11.0. The van der Waals surface area contributed by atoms with Crippen LogP contribution in [0.4, 0.5) is 0 Å². The molecule has 16 heavy (non-hydrogen) atoms. The smallest absolute Gasteiger partial charge is 0.185 e. The molecular weight excluding hydrogens is 200 g/mol. The standard InChI is InChI=1S/C14H12O2/c15-14-13(16-14)9-8-11-6-3-5-10-4-1-2-7-12(10)11/h1-9,13-15H/b9-8+. The summed E-state index contributed by atoms with van der Waals surface area (Å²) in [6, 6.07) is 14.4. The monoisotopic (exact) mass is 212 g/mol. The largest absolute Gasteiger partial charge is 0.366 e. The summed E-state index contributed by atoms with van der Waals surface area (Å²) in [7, 11) is 0. The summed E-state index contributed by atoms with van der Waals surface area (Å²) >= 11 is 0. The van der Waals surface area contributed by atoms with Crippen molar-refractivity contribution < 1.29 is 9.84 Å². The van der Waals surface area contributed by atoms with Crippen LogP contribution in [0.5, 0.6) is 0 Å². The summed E-state index contributed by atoms with van der Waals surface area (Å²) in [6.45, 7) is 0. The molecule has 0 saturated carbocycles. The third kappa shape index (κ3) is 1.73. The number of aliphatic hydroxyl groups is 1. The Bertz CT molecular complexity index is 540. The van der Waals surface area contributed by atoms with Gasteiger partial charge in [0.2, 0.25) is 0 Å². The second-order valence-corrected chi connectivity index (χ2v) is 3.92. The minimum Gasteiger partial charge on any atom is -0.366 e. The normalized spacial score (nSPS) is 24.1. The van der Waals surface area contributed by atoms with Crippen molar-refractivity contribution in [3.8, 4) is 0 Å². The van der Waals surface area contributed by atoms with Crippen LogP contribution >= 0.6 is 0 Å². The zero-order valence-corrected chi connectivity index (χ0v) is 8.71. The van der Waals surface area contributed by atoms with E-state index in [2.05, 4.69) is 24.3 Å². The maximum atomic E-state index is 9.04. The molecule has 0 bridgehead atoms. The van der Waals surface area contributed by atoms with Crippen molar-refractivity contribution >= 4 is 16.8 Å². The molecule has 0 amide bonds. The van der Waals surface area contributed by atoms with E-state index in [-0.39, 0.29) is 6.10 Å². The Morgan fingerprint density at radius 2 is 1.81 bits per heavy atom. The lowest BCUT2D eigenvalue weighted by Gasteiger charge is -2.00. The van der Waals surface area contributed by atoms with Crippen LogP contribution in [0.3, 0.4) is 0 Å². The van der Waals surface area contributed by atoms with E-state index in [1.807, 2.05) is 30.4 Å². The van der Waals surface area contributed by atoms with Crippen LogP contribution in [-0.2, 0) is 4.74 Å². The molecule has 2 nitrogen and oxygen atoms in total. The lowest BCUT2D eigenvalue weighted by atomic mass is 10.0. The average Bonchev–Trinajstić information content (AvgIpc) is 3.03. The lowest BCUT2D eigenvalue weighted by molar-refractivity contribution is 0.156. The molecule has 1 N–H and O–H groups in total. The lowest BCUT2D eigenvalue weighted by Crippen LogP contribution is -1.85. The molecule has 1 fully saturated rings. The molecule has 2 atom stereocenters. The molecule has 2 aromatic rings. The highest BCUT2D eigenvalue weighted by atomic mass is 16.7. The van der Waals surface area contributed by atoms with Crippen LogP contribution < -0.4 is 0 Å². The van der Waals surface area contributed by atoms with Crippen molar-refractivity contribution in [2.24, 2.45) is 0 Å². The van der Waals surface area contributed by atoms with Crippen molar-refractivity contribution in [3.63, 3.8) is 0 Å².